The summed E-state index contributed by atoms with van der Waals surface area (Å²) in [7, 11) is 0. The van der Waals surface area contributed by atoms with Gasteiger partial charge in [-0.3, -0.25) is 0 Å². The molecule has 0 spiro atoms. The second kappa shape index (κ2) is 6.06. The molecule has 3 atom stereocenters. The van der Waals surface area contributed by atoms with E-state index in [4.69, 9.17) is 0 Å². The molecule has 3 unspecified atom stereocenters. The first-order valence-corrected chi connectivity index (χ1v) is 8.28. The zero-order valence-corrected chi connectivity index (χ0v) is 12.6. The van der Waals surface area contributed by atoms with Crippen LogP contribution in [0.5, 0.6) is 0 Å². The molecule has 1 aromatic carbocycles. The highest BCUT2D eigenvalue weighted by Gasteiger charge is 2.28. The number of aliphatic hydroxyl groups is 1. The zero-order chi connectivity index (χ0) is 13.9. The standard InChI is InChI=1S/C17H21NOS/c1-12-7-8-14(9-12)16(19)10-17-18-15(11-20-17)13-5-3-2-4-6-13/h2-6,11-12,14,16,19H,7-10H2,1H3. The lowest BCUT2D eigenvalue weighted by atomic mass is 9.97. The number of hydrogen-bond acceptors (Lipinski definition) is 3. The highest BCUT2D eigenvalue weighted by Crippen LogP contribution is 2.34. The molecule has 0 radical (unpaired) electrons. The maximum atomic E-state index is 10.4. The third-order valence-corrected chi connectivity index (χ3v) is 5.16. The van der Waals surface area contributed by atoms with Gasteiger partial charge < -0.3 is 5.11 Å². The second-order valence-electron chi connectivity index (χ2n) is 5.94. The molecule has 3 heteroatoms. The molecule has 0 amide bonds. The van der Waals surface area contributed by atoms with Gasteiger partial charge in [0.25, 0.3) is 0 Å². The summed E-state index contributed by atoms with van der Waals surface area (Å²) in [5.41, 5.74) is 2.18. The van der Waals surface area contributed by atoms with Crippen LogP contribution in [0.4, 0.5) is 0 Å². The van der Waals surface area contributed by atoms with Gasteiger partial charge in [-0.15, -0.1) is 11.3 Å². The van der Waals surface area contributed by atoms with Crippen LogP contribution in [0.25, 0.3) is 11.3 Å². The molecule has 1 aliphatic rings. The summed E-state index contributed by atoms with van der Waals surface area (Å²) in [6.45, 7) is 2.28. The quantitative estimate of drug-likeness (QED) is 0.916. The van der Waals surface area contributed by atoms with E-state index in [1.165, 1.54) is 12.8 Å². The average molecular weight is 287 g/mol. The first-order valence-electron chi connectivity index (χ1n) is 7.40. The number of rotatable bonds is 4. The lowest BCUT2D eigenvalue weighted by Gasteiger charge is -2.16. The molecule has 1 saturated carbocycles. The Kier molecular flexibility index (Phi) is 4.18. The summed E-state index contributed by atoms with van der Waals surface area (Å²) in [5.74, 6) is 1.24. The Morgan fingerprint density at radius 1 is 1.30 bits per heavy atom. The summed E-state index contributed by atoms with van der Waals surface area (Å²) in [6.07, 6.45) is 4.07. The Hall–Kier alpha value is -1.19. The number of nitrogens with zero attached hydrogens (tertiary/aromatic N) is 1. The van der Waals surface area contributed by atoms with Gasteiger partial charge in [-0.1, -0.05) is 43.7 Å². The fourth-order valence-electron chi connectivity index (χ4n) is 3.09. The molecule has 1 fully saturated rings. The summed E-state index contributed by atoms with van der Waals surface area (Å²) in [4.78, 5) is 4.67. The van der Waals surface area contributed by atoms with Crippen molar-refractivity contribution in [2.75, 3.05) is 0 Å². The summed E-state index contributed by atoms with van der Waals surface area (Å²) < 4.78 is 0. The second-order valence-corrected chi connectivity index (χ2v) is 6.88. The maximum Gasteiger partial charge on any atom is 0.0958 e. The Labute approximate surface area is 124 Å². The first kappa shape index (κ1) is 13.8. The molecule has 3 rings (SSSR count). The van der Waals surface area contributed by atoms with Crippen LogP contribution >= 0.6 is 11.3 Å². The Morgan fingerprint density at radius 2 is 2.10 bits per heavy atom. The largest absolute Gasteiger partial charge is 0.392 e. The van der Waals surface area contributed by atoms with Crippen molar-refractivity contribution in [1.82, 2.24) is 4.98 Å². The molecule has 2 aromatic rings. The normalized spacial score (nSPS) is 23.9. The molecule has 1 aromatic heterocycles. The molecule has 1 aliphatic carbocycles. The van der Waals surface area contributed by atoms with Crippen molar-refractivity contribution in [3.05, 3.63) is 40.7 Å². The van der Waals surface area contributed by atoms with Crippen molar-refractivity contribution >= 4 is 11.3 Å². The lowest BCUT2D eigenvalue weighted by Crippen LogP contribution is -2.20. The van der Waals surface area contributed by atoms with Crippen LogP contribution in [0.3, 0.4) is 0 Å². The summed E-state index contributed by atoms with van der Waals surface area (Å²) >= 11 is 1.66. The molecule has 0 saturated heterocycles. The van der Waals surface area contributed by atoms with Crippen molar-refractivity contribution in [3.8, 4) is 11.3 Å². The van der Waals surface area contributed by atoms with Gasteiger partial charge in [0.2, 0.25) is 0 Å². The van der Waals surface area contributed by atoms with Gasteiger partial charge in [0, 0.05) is 17.4 Å². The van der Waals surface area contributed by atoms with E-state index in [2.05, 4.69) is 29.4 Å². The van der Waals surface area contributed by atoms with Crippen LogP contribution in [-0.4, -0.2) is 16.2 Å². The van der Waals surface area contributed by atoms with Gasteiger partial charge in [-0.25, -0.2) is 4.98 Å². The molecule has 1 heterocycles. The Balaban J connectivity index is 1.65. The number of aromatic nitrogens is 1. The van der Waals surface area contributed by atoms with Crippen LogP contribution in [0.15, 0.2) is 35.7 Å². The van der Waals surface area contributed by atoms with Crippen molar-refractivity contribution in [2.45, 2.75) is 38.7 Å². The van der Waals surface area contributed by atoms with Crippen LogP contribution in [0.2, 0.25) is 0 Å². The third kappa shape index (κ3) is 3.10. The van der Waals surface area contributed by atoms with E-state index in [1.807, 2.05) is 18.2 Å². The minimum absolute atomic E-state index is 0.227. The van der Waals surface area contributed by atoms with Crippen LogP contribution < -0.4 is 0 Å². The van der Waals surface area contributed by atoms with E-state index in [9.17, 15) is 5.11 Å². The average Bonchev–Trinajstić information content (AvgIpc) is 3.09. The molecular formula is C17H21NOS. The number of hydrogen-bond donors (Lipinski definition) is 1. The minimum atomic E-state index is -0.227. The highest BCUT2D eigenvalue weighted by atomic mass is 32.1. The molecular weight excluding hydrogens is 266 g/mol. The van der Waals surface area contributed by atoms with Crippen molar-refractivity contribution < 1.29 is 5.11 Å². The highest BCUT2D eigenvalue weighted by molar-refractivity contribution is 7.09. The van der Waals surface area contributed by atoms with Gasteiger partial charge in [-0.05, 0) is 24.7 Å². The lowest BCUT2D eigenvalue weighted by molar-refractivity contribution is 0.109. The van der Waals surface area contributed by atoms with Crippen molar-refractivity contribution in [2.24, 2.45) is 11.8 Å². The van der Waals surface area contributed by atoms with Crippen LogP contribution in [0.1, 0.15) is 31.2 Å². The monoisotopic (exact) mass is 287 g/mol. The van der Waals surface area contributed by atoms with Gasteiger partial charge in [0.05, 0.1) is 16.8 Å². The number of benzene rings is 1. The van der Waals surface area contributed by atoms with Crippen LogP contribution in [-0.2, 0) is 6.42 Å². The zero-order valence-electron chi connectivity index (χ0n) is 11.8. The van der Waals surface area contributed by atoms with Gasteiger partial charge in [0.15, 0.2) is 0 Å². The van der Waals surface area contributed by atoms with Gasteiger partial charge in [-0.2, -0.15) is 0 Å². The smallest absolute Gasteiger partial charge is 0.0958 e. The molecule has 106 valence electrons. The molecule has 2 nitrogen and oxygen atoms in total. The first-order chi connectivity index (χ1) is 9.72. The van der Waals surface area contributed by atoms with E-state index in [0.29, 0.717) is 12.3 Å². The van der Waals surface area contributed by atoms with E-state index in [-0.39, 0.29) is 6.10 Å². The Morgan fingerprint density at radius 3 is 2.80 bits per heavy atom. The molecule has 0 aliphatic heterocycles. The SMILES string of the molecule is CC1CCC(C(O)Cc2nc(-c3ccccc3)cs2)C1. The topological polar surface area (TPSA) is 33.1 Å². The minimum Gasteiger partial charge on any atom is -0.392 e. The summed E-state index contributed by atoms with van der Waals surface area (Å²) in [6, 6.07) is 10.2. The fraction of sp³-hybridized carbons (Fsp3) is 0.471. The molecule has 0 bridgehead atoms. The van der Waals surface area contributed by atoms with Gasteiger partial charge >= 0.3 is 0 Å². The van der Waals surface area contributed by atoms with E-state index >= 15 is 0 Å². The fourth-order valence-corrected chi connectivity index (χ4v) is 3.95. The van der Waals surface area contributed by atoms with Crippen molar-refractivity contribution in [3.63, 3.8) is 0 Å². The van der Waals surface area contributed by atoms with Crippen LogP contribution in [0, 0.1) is 11.8 Å². The number of aliphatic hydroxyl groups excluding tert-OH is 1. The van der Waals surface area contributed by atoms with E-state index < -0.39 is 0 Å². The molecule has 1 N–H and O–H groups in total. The van der Waals surface area contributed by atoms with Crippen molar-refractivity contribution in [1.29, 1.82) is 0 Å². The Bertz CT molecular complexity index is 551. The number of thiazole rings is 1. The predicted octanol–water partition coefficient (Wildman–Crippen LogP) is 4.15. The van der Waals surface area contributed by atoms with E-state index in [0.717, 1.165) is 28.6 Å². The summed E-state index contributed by atoms with van der Waals surface area (Å²) in [5, 5.41) is 13.5. The molecule has 20 heavy (non-hydrogen) atoms. The van der Waals surface area contributed by atoms with Gasteiger partial charge in [0.1, 0.15) is 0 Å². The maximum absolute atomic E-state index is 10.4. The predicted molar refractivity (Wildman–Crippen MR) is 83.8 cm³/mol. The van der Waals surface area contributed by atoms with E-state index in [1.54, 1.807) is 11.3 Å². The third-order valence-electron chi connectivity index (χ3n) is 4.28.